The molecule has 0 radical (unpaired) electrons. The van der Waals surface area contributed by atoms with E-state index < -0.39 is 6.61 Å². The molecule has 0 saturated carbocycles. The second-order valence-electron chi connectivity index (χ2n) is 5.65. The Balaban J connectivity index is 1.65. The van der Waals surface area contributed by atoms with Crippen molar-refractivity contribution in [1.29, 1.82) is 0 Å². The molecule has 2 aromatic carbocycles. The standard InChI is InChI=1S/C17H19F2NOS/c18-17(19)21-14-8-10-20(11-14)9-7-13-4-1-3-12-5-2-6-15(22)16(12)13/h1-6,14,17,22H,7-11H2/t14-/m1/s1. The van der Waals surface area contributed by atoms with E-state index in [0.29, 0.717) is 13.0 Å². The quantitative estimate of drug-likeness (QED) is 0.836. The van der Waals surface area contributed by atoms with Gasteiger partial charge in [-0.3, -0.25) is 0 Å². The van der Waals surface area contributed by atoms with Crippen LogP contribution in [0.2, 0.25) is 0 Å². The number of fused-ring (bicyclic) bond motifs is 1. The van der Waals surface area contributed by atoms with E-state index >= 15 is 0 Å². The van der Waals surface area contributed by atoms with Crippen molar-refractivity contribution < 1.29 is 13.5 Å². The molecule has 5 heteroatoms. The lowest BCUT2D eigenvalue weighted by Crippen LogP contribution is -2.26. The smallest absolute Gasteiger partial charge is 0.318 e. The molecule has 0 amide bonds. The maximum absolute atomic E-state index is 12.2. The highest BCUT2D eigenvalue weighted by Gasteiger charge is 2.25. The van der Waals surface area contributed by atoms with E-state index in [0.717, 1.165) is 24.4 Å². The first kappa shape index (κ1) is 15.7. The molecule has 118 valence electrons. The summed E-state index contributed by atoms with van der Waals surface area (Å²) in [6.45, 7) is -0.418. The third-order valence-corrected chi connectivity index (χ3v) is 4.56. The Morgan fingerprint density at radius 3 is 2.77 bits per heavy atom. The van der Waals surface area contributed by atoms with Crippen LogP contribution in [0.1, 0.15) is 12.0 Å². The van der Waals surface area contributed by atoms with Crippen molar-refractivity contribution >= 4 is 23.4 Å². The monoisotopic (exact) mass is 323 g/mol. The maximum atomic E-state index is 12.2. The van der Waals surface area contributed by atoms with Crippen LogP contribution in [0.5, 0.6) is 0 Å². The average Bonchev–Trinajstić information content (AvgIpc) is 2.92. The van der Waals surface area contributed by atoms with E-state index in [-0.39, 0.29) is 6.10 Å². The van der Waals surface area contributed by atoms with Gasteiger partial charge in [-0.15, -0.1) is 12.6 Å². The minimum absolute atomic E-state index is 0.340. The van der Waals surface area contributed by atoms with Crippen molar-refractivity contribution in [2.75, 3.05) is 19.6 Å². The van der Waals surface area contributed by atoms with Crippen LogP contribution in [0.15, 0.2) is 41.3 Å². The van der Waals surface area contributed by atoms with Gasteiger partial charge >= 0.3 is 6.61 Å². The summed E-state index contributed by atoms with van der Waals surface area (Å²) in [5.74, 6) is 0. The van der Waals surface area contributed by atoms with Gasteiger partial charge in [-0.25, -0.2) is 0 Å². The molecule has 1 atom stereocenters. The Morgan fingerprint density at radius 2 is 2.00 bits per heavy atom. The normalized spacial score (nSPS) is 19.4. The molecule has 2 nitrogen and oxygen atoms in total. The Labute approximate surface area is 134 Å². The summed E-state index contributed by atoms with van der Waals surface area (Å²) in [6.07, 6.45) is 1.22. The number of halogens is 2. The molecule has 0 aliphatic carbocycles. The van der Waals surface area contributed by atoms with Crippen LogP contribution in [0.4, 0.5) is 8.78 Å². The van der Waals surface area contributed by atoms with Crippen molar-refractivity contribution in [2.24, 2.45) is 0 Å². The molecule has 1 aliphatic rings. The van der Waals surface area contributed by atoms with E-state index in [9.17, 15) is 8.78 Å². The van der Waals surface area contributed by atoms with Crippen LogP contribution >= 0.6 is 12.6 Å². The van der Waals surface area contributed by atoms with E-state index in [4.69, 9.17) is 0 Å². The van der Waals surface area contributed by atoms with Gasteiger partial charge in [-0.05, 0) is 35.2 Å². The number of benzene rings is 2. The summed E-state index contributed by atoms with van der Waals surface area (Å²) in [7, 11) is 0. The third-order valence-electron chi connectivity index (χ3n) is 4.19. The number of hydrogen-bond donors (Lipinski definition) is 1. The van der Waals surface area contributed by atoms with Crippen LogP contribution in [0, 0.1) is 0 Å². The fraction of sp³-hybridized carbons (Fsp3) is 0.412. The number of likely N-dealkylation sites (tertiary alicyclic amines) is 1. The molecule has 1 aliphatic heterocycles. The first-order chi connectivity index (χ1) is 10.6. The van der Waals surface area contributed by atoms with Gasteiger partial charge in [0.05, 0.1) is 6.10 Å². The summed E-state index contributed by atoms with van der Waals surface area (Å²) in [5.41, 5.74) is 1.25. The lowest BCUT2D eigenvalue weighted by Gasteiger charge is -2.17. The summed E-state index contributed by atoms with van der Waals surface area (Å²) in [4.78, 5) is 3.17. The number of ether oxygens (including phenoxy) is 1. The second kappa shape index (κ2) is 6.94. The predicted octanol–water partition coefficient (Wildman–Crippen LogP) is 3.98. The average molecular weight is 323 g/mol. The zero-order chi connectivity index (χ0) is 15.5. The Morgan fingerprint density at radius 1 is 1.23 bits per heavy atom. The minimum atomic E-state index is -2.67. The number of nitrogens with zero attached hydrogens (tertiary/aromatic N) is 1. The number of thiol groups is 1. The van der Waals surface area contributed by atoms with Gasteiger partial charge in [-0.2, -0.15) is 8.78 Å². The number of alkyl halides is 2. The summed E-state index contributed by atoms with van der Waals surface area (Å²) in [6, 6.07) is 12.3. The Hall–Kier alpha value is -1.17. The van der Waals surface area contributed by atoms with Crippen molar-refractivity contribution in [1.82, 2.24) is 4.90 Å². The lowest BCUT2D eigenvalue weighted by molar-refractivity contribution is -0.158. The van der Waals surface area contributed by atoms with Crippen LogP contribution < -0.4 is 0 Å². The molecule has 1 fully saturated rings. The summed E-state index contributed by atoms with van der Waals surface area (Å²) >= 11 is 4.56. The highest BCUT2D eigenvalue weighted by Crippen LogP contribution is 2.26. The molecule has 0 unspecified atom stereocenters. The first-order valence-electron chi connectivity index (χ1n) is 7.49. The zero-order valence-electron chi connectivity index (χ0n) is 12.2. The second-order valence-corrected chi connectivity index (χ2v) is 6.13. The first-order valence-corrected chi connectivity index (χ1v) is 7.94. The van der Waals surface area contributed by atoms with Crippen LogP contribution in [-0.4, -0.2) is 37.2 Å². The van der Waals surface area contributed by atoms with Gasteiger partial charge in [0.15, 0.2) is 0 Å². The summed E-state index contributed by atoms with van der Waals surface area (Å²) < 4.78 is 29.1. The van der Waals surface area contributed by atoms with Gasteiger partial charge < -0.3 is 9.64 Å². The minimum Gasteiger partial charge on any atom is -0.318 e. The van der Waals surface area contributed by atoms with E-state index in [1.807, 2.05) is 12.1 Å². The highest BCUT2D eigenvalue weighted by molar-refractivity contribution is 7.80. The SMILES string of the molecule is FC(F)O[C@@H]1CCN(CCc2cccc3cccc(S)c23)C1. The largest absolute Gasteiger partial charge is 0.345 e. The van der Waals surface area contributed by atoms with Gasteiger partial charge in [0.1, 0.15) is 0 Å². The Kier molecular flexibility index (Phi) is 4.96. The predicted molar refractivity (Wildman–Crippen MR) is 86.8 cm³/mol. The summed E-state index contributed by atoms with van der Waals surface area (Å²) in [5, 5.41) is 2.37. The molecule has 3 rings (SSSR count). The molecule has 1 heterocycles. The lowest BCUT2D eigenvalue weighted by atomic mass is 10.0. The molecule has 22 heavy (non-hydrogen) atoms. The highest BCUT2D eigenvalue weighted by atomic mass is 32.1. The van der Waals surface area contributed by atoms with E-state index in [1.54, 1.807) is 0 Å². The fourth-order valence-corrected chi connectivity index (χ4v) is 3.50. The van der Waals surface area contributed by atoms with Crippen molar-refractivity contribution in [2.45, 2.75) is 30.5 Å². The Bertz CT molecular complexity index is 644. The topological polar surface area (TPSA) is 12.5 Å². The fourth-order valence-electron chi connectivity index (χ4n) is 3.14. The number of rotatable bonds is 5. The van der Waals surface area contributed by atoms with Crippen LogP contribution in [0.3, 0.4) is 0 Å². The zero-order valence-corrected chi connectivity index (χ0v) is 13.1. The molecule has 0 N–H and O–H groups in total. The van der Waals surface area contributed by atoms with Gasteiger partial charge in [-0.1, -0.05) is 30.3 Å². The molecule has 0 spiro atoms. The van der Waals surface area contributed by atoms with Crippen molar-refractivity contribution in [3.05, 3.63) is 42.0 Å². The van der Waals surface area contributed by atoms with Crippen molar-refractivity contribution in [3.63, 3.8) is 0 Å². The molecular formula is C17H19F2NOS. The van der Waals surface area contributed by atoms with Crippen molar-refractivity contribution in [3.8, 4) is 0 Å². The van der Waals surface area contributed by atoms with Crippen LogP contribution in [0.25, 0.3) is 10.8 Å². The molecule has 0 aromatic heterocycles. The maximum Gasteiger partial charge on any atom is 0.345 e. The molecule has 1 saturated heterocycles. The van der Waals surface area contributed by atoms with Crippen LogP contribution in [-0.2, 0) is 11.2 Å². The molecule has 2 aromatic rings. The molecule has 0 bridgehead atoms. The van der Waals surface area contributed by atoms with E-state index in [2.05, 4.69) is 46.5 Å². The van der Waals surface area contributed by atoms with Gasteiger partial charge in [0.25, 0.3) is 0 Å². The van der Waals surface area contributed by atoms with Gasteiger partial charge in [0.2, 0.25) is 0 Å². The third kappa shape index (κ3) is 3.59. The molecular weight excluding hydrogens is 304 g/mol. The van der Waals surface area contributed by atoms with E-state index in [1.165, 1.54) is 16.3 Å². The van der Waals surface area contributed by atoms with Gasteiger partial charge in [0, 0.05) is 24.5 Å². The number of hydrogen-bond acceptors (Lipinski definition) is 3.